The number of β-amino-alcohol motifs (C(OH)–C–C–N with tert-alkyl or cyclic N) is 1. The summed E-state index contributed by atoms with van der Waals surface area (Å²) < 4.78 is 7.08. The van der Waals surface area contributed by atoms with Crippen molar-refractivity contribution in [2.24, 2.45) is 0 Å². The summed E-state index contributed by atoms with van der Waals surface area (Å²) in [7, 11) is 0. The van der Waals surface area contributed by atoms with E-state index in [1.807, 2.05) is 12.1 Å². The minimum atomic E-state index is -0.455. The molecule has 0 amide bonds. The van der Waals surface area contributed by atoms with E-state index in [0.717, 1.165) is 37.8 Å². The molecule has 0 aliphatic carbocycles. The van der Waals surface area contributed by atoms with Crippen LogP contribution in [0.2, 0.25) is 0 Å². The van der Waals surface area contributed by atoms with Crippen molar-refractivity contribution in [3.8, 4) is 0 Å². The van der Waals surface area contributed by atoms with Crippen molar-refractivity contribution in [1.82, 2.24) is 24.7 Å². The number of ether oxygens (including phenoxy) is 1. The molecule has 2 N–H and O–H groups in total. The lowest BCUT2D eigenvalue weighted by Crippen LogP contribution is -2.42. The molecule has 1 atom stereocenters. The average Bonchev–Trinajstić information content (AvgIpc) is 2.97. The molecular formula is C16H26N6O2. The van der Waals surface area contributed by atoms with Crippen LogP contribution in [0.1, 0.15) is 26.6 Å². The number of nitrogens with one attached hydrogen (secondary N) is 1. The zero-order chi connectivity index (χ0) is 17.2. The molecule has 1 fully saturated rings. The number of aliphatic hydroxyl groups is 1. The molecule has 132 valence electrons. The number of anilines is 1. The van der Waals surface area contributed by atoms with E-state index < -0.39 is 6.10 Å². The Bertz CT molecular complexity index is 675. The highest BCUT2D eigenvalue weighted by molar-refractivity contribution is 5.44. The van der Waals surface area contributed by atoms with Gasteiger partial charge in [-0.3, -0.25) is 4.90 Å². The molecule has 3 heterocycles. The minimum absolute atomic E-state index is 0.138. The summed E-state index contributed by atoms with van der Waals surface area (Å²) in [6.07, 6.45) is -0.455. The van der Waals surface area contributed by atoms with Crippen molar-refractivity contribution in [3.63, 3.8) is 0 Å². The molecule has 0 saturated carbocycles. The van der Waals surface area contributed by atoms with Gasteiger partial charge >= 0.3 is 0 Å². The van der Waals surface area contributed by atoms with Crippen LogP contribution in [0.25, 0.3) is 5.65 Å². The van der Waals surface area contributed by atoms with Gasteiger partial charge < -0.3 is 15.2 Å². The number of hydrogen-bond acceptors (Lipinski definition) is 7. The molecule has 2 aromatic heterocycles. The van der Waals surface area contributed by atoms with E-state index in [0.29, 0.717) is 18.9 Å². The highest BCUT2D eigenvalue weighted by Crippen LogP contribution is 2.20. The highest BCUT2D eigenvalue weighted by Gasteiger charge is 2.22. The number of hydrogen-bond donors (Lipinski definition) is 2. The van der Waals surface area contributed by atoms with Crippen LogP contribution in [0.5, 0.6) is 0 Å². The van der Waals surface area contributed by atoms with Crippen molar-refractivity contribution in [3.05, 3.63) is 18.0 Å². The number of rotatable bonds is 5. The maximum Gasteiger partial charge on any atom is 0.178 e. The smallest absolute Gasteiger partial charge is 0.178 e. The number of aliphatic hydroxyl groups excluding tert-OH is 1. The standard InChI is InChI=1S/C16H26N6O2/c1-16(2,3)15-19-18-14-5-4-13(20-22(14)15)17-10-12(23)11-21-6-8-24-9-7-21/h4-5,12,23H,6-11H2,1-3H3,(H,17,20). The van der Waals surface area contributed by atoms with Gasteiger partial charge in [0.1, 0.15) is 5.82 Å². The first-order chi connectivity index (χ1) is 11.4. The topological polar surface area (TPSA) is 87.8 Å². The third-order valence-corrected chi connectivity index (χ3v) is 4.03. The molecule has 1 saturated heterocycles. The lowest BCUT2D eigenvalue weighted by Gasteiger charge is -2.28. The van der Waals surface area contributed by atoms with E-state index >= 15 is 0 Å². The Kier molecular flexibility index (Phi) is 4.98. The molecule has 0 aromatic carbocycles. The van der Waals surface area contributed by atoms with Crippen molar-refractivity contribution < 1.29 is 9.84 Å². The Morgan fingerprint density at radius 1 is 1.25 bits per heavy atom. The van der Waals surface area contributed by atoms with Gasteiger partial charge in [0.25, 0.3) is 0 Å². The first kappa shape index (κ1) is 17.1. The summed E-state index contributed by atoms with van der Waals surface area (Å²) in [5, 5.41) is 26.4. The molecule has 24 heavy (non-hydrogen) atoms. The fraction of sp³-hybridized carbons (Fsp3) is 0.688. The van der Waals surface area contributed by atoms with E-state index in [1.165, 1.54) is 0 Å². The first-order valence-corrected chi connectivity index (χ1v) is 8.38. The summed E-state index contributed by atoms with van der Waals surface area (Å²) >= 11 is 0. The maximum atomic E-state index is 10.2. The number of nitrogens with zero attached hydrogens (tertiary/aromatic N) is 5. The summed E-state index contributed by atoms with van der Waals surface area (Å²) in [4.78, 5) is 2.21. The lowest BCUT2D eigenvalue weighted by molar-refractivity contribution is 0.0171. The van der Waals surface area contributed by atoms with E-state index in [-0.39, 0.29) is 5.41 Å². The van der Waals surface area contributed by atoms with Crippen LogP contribution in [0, 0.1) is 0 Å². The molecule has 8 heteroatoms. The Hall–Kier alpha value is -1.77. The van der Waals surface area contributed by atoms with E-state index in [9.17, 15) is 5.11 Å². The summed E-state index contributed by atoms with van der Waals surface area (Å²) in [5.74, 6) is 1.52. The second-order valence-electron chi connectivity index (χ2n) is 7.21. The van der Waals surface area contributed by atoms with Crippen LogP contribution in [-0.4, -0.2) is 75.3 Å². The van der Waals surface area contributed by atoms with Crippen molar-refractivity contribution >= 4 is 11.5 Å². The molecule has 2 aromatic rings. The van der Waals surface area contributed by atoms with Crippen LogP contribution in [-0.2, 0) is 10.2 Å². The normalized spacial score (nSPS) is 18.0. The highest BCUT2D eigenvalue weighted by atomic mass is 16.5. The van der Waals surface area contributed by atoms with Gasteiger partial charge in [0.15, 0.2) is 11.5 Å². The third-order valence-electron chi connectivity index (χ3n) is 4.03. The first-order valence-electron chi connectivity index (χ1n) is 8.38. The van der Waals surface area contributed by atoms with Gasteiger partial charge in [-0.25, -0.2) is 0 Å². The molecule has 0 bridgehead atoms. The Morgan fingerprint density at radius 2 is 2.00 bits per heavy atom. The summed E-state index contributed by atoms with van der Waals surface area (Å²) in [5.41, 5.74) is 0.584. The van der Waals surface area contributed by atoms with Crippen LogP contribution in [0.4, 0.5) is 5.82 Å². The predicted octanol–water partition coefficient (Wildman–Crippen LogP) is 0.527. The van der Waals surface area contributed by atoms with Gasteiger partial charge in [-0.2, -0.15) is 4.52 Å². The Balaban J connectivity index is 1.62. The Morgan fingerprint density at radius 3 is 2.71 bits per heavy atom. The molecule has 8 nitrogen and oxygen atoms in total. The van der Waals surface area contributed by atoms with Crippen molar-refractivity contribution in [2.45, 2.75) is 32.3 Å². The SMILES string of the molecule is CC(C)(C)c1nnc2ccc(NCC(O)CN3CCOCC3)nn12. The number of aromatic nitrogens is 4. The van der Waals surface area contributed by atoms with Crippen LogP contribution in [0.15, 0.2) is 12.1 Å². The number of morpholine rings is 1. The third kappa shape index (κ3) is 4.00. The van der Waals surface area contributed by atoms with Crippen LogP contribution in [0.3, 0.4) is 0 Å². The van der Waals surface area contributed by atoms with Crippen LogP contribution < -0.4 is 5.32 Å². The van der Waals surface area contributed by atoms with Gasteiger partial charge in [0.2, 0.25) is 0 Å². The quantitative estimate of drug-likeness (QED) is 0.824. The van der Waals surface area contributed by atoms with Gasteiger partial charge in [0.05, 0.1) is 19.3 Å². The fourth-order valence-electron chi connectivity index (χ4n) is 2.72. The second kappa shape index (κ2) is 7.00. The molecule has 1 aliphatic heterocycles. The van der Waals surface area contributed by atoms with Gasteiger partial charge in [-0.1, -0.05) is 20.8 Å². The van der Waals surface area contributed by atoms with E-state index in [2.05, 4.69) is 46.3 Å². The monoisotopic (exact) mass is 334 g/mol. The van der Waals surface area contributed by atoms with E-state index in [1.54, 1.807) is 4.52 Å². The zero-order valence-corrected chi connectivity index (χ0v) is 14.6. The zero-order valence-electron chi connectivity index (χ0n) is 14.6. The Labute approximate surface area is 141 Å². The molecule has 1 aliphatic rings. The second-order valence-corrected chi connectivity index (χ2v) is 7.21. The van der Waals surface area contributed by atoms with Crippen LogP contribution >= 0.6 is 0 Å². The minimum Gasteiger partial charge on any atom is -0.390 e. The van der Waals surface area contributed by atoms with Gasteiger partial charge in [0, 0.05) is 31.6 Å². The fourth-order valence-corrected chi connectivity index (χ4v) is 2.72. The average molecular weight is 334 g/mol. The van der Waals surface area contributed by atoms with Crippen molar-refractivity contribution in [2.75, 3.05) is 44.7 Å². The largest absolute Gasteiger partial charge is 0.390 e. The predicted molar refractivity (Wildman–Crippen MR) is 91.2 cm³/mol. The van der Waals surface area contributed by atoms with Gasteiger partial charge in [-0.05, 0) is 12.1 Å². The molecular weight excluding hydrogens is 308 g/mol. The summed E-state index contributed by atoms with van der Waals surface area (Å²) in [6.45, 7) is 10.5. The lowest BCUT2D eigenvalue weighted by atomic mass is 9.96. The molecule has 0 spiro atoms. The van der Waals surface area contributed by atoms with Gasteiger partial charge in [-0.15, -0.1) is 15.3 Å². The molecule has 0 radical (unpaired) electrons. The summed E-state index contributed by atoms with van der Waals surface area (Å²) in [6, 6.07) is 3.74. The molecule has 1 unspecified atom stereocenters. The number of fused-ring (bicyclic) bond motifs is 1. The van der Waals surface area contributed by atoms with Crippen molar-refractivity contribution in [1.29, 1.82) is 0 Å². The molecule has 3 rings (SSSR count). The maximum absolute atomic E-state index is 10.2. The van der Waals surface area contributed by atoms with E-state index in [4.69, 9.17) is 4.74 Å².